The number of aromatic nitrogens is 2. The van der Waals surface area contributed by atoms with E-state index in [4.69, 9.17) is 5.73 Å². The second kappa shape index (κ2) is 12.5. The van der Waals surface area contributed by atoms with Crippen LogP contribution in [0.15, 0.2) is 82.4 Å². The van der Waals surface area contributed by atoms with E-state index in [1.807, 2.05) is 53.4 Å². The third kappa shape index (κ3) is 6.03. The number of piperazine rings is 1. The highest BCUT2D eigenvalue weighted by Crippen LogP contribution is 2.21. The largest absolute Gasteiger partial charge is 0.363 e. The molecule has 2 heterocycles. The Morgan fingerprint density at radius 3 is 2.21 bits per heavy atom. The Labute approximate surface area is 242 Å². The standard InChI is InChI=1S/C32H32F2N6O2/c1-22-30(38-15-13-37(14-16-38)19-24-8-5-7-23(17-24)18-35)31(41)40(21-29(36)25-9-3-2-4-10-25)32(42)39(22)20-26-27(33)11-6-12-28(26)34/h2-12,17,29H,13-16,19-21,36H2,1H3/t29-/m1/s1. The van der Waals surface area contributed by atoms with Crippen molar-refractivity contribution < 1.29 is 8.78 Å². The Balaban J connectivity index is 1.49. The van der Waals surface area contributed by atoms with E-state index in [0.29, 0.717) is 49.7 Å². The normalized spacial score (nSPS) is 14.5. The highest BCUT2D eigenvalue weighted by atomic mass is 19.1. The fraction of sp³-hybridized carbons (Fsp3) is 0.281. The van der Waals surface area contributed by atoms with Crippen LogP contribution in [0.25, 0.3) is 0 Å². The molecule has 4 aromatic rings. The number of halogens is 2. The Morgan fingerprint density at radius 2 is 1.55 bits per heavy atom. The Bertz CT molecular complexity index is 1720. The third-order valence-corrected chi connectivity index (χ3v) is 7.79. The minimum atomic E-state index is -0.768. The molecule has 2 N–H and O–H groups in total. The van der Waals surface area contributed by atoms with E-state index in [2.05, 4.69) is 11.0 Å². The van der Waals surface area contributed by atoms with Gasteiger partial charge in [-0.25, -0.2) is 13.6 Å². The molecule has 216 valence electrons. The van der Waals surface area contributed by atoms with E-state index in [0.717, 1.165) is 27.8 Å². The number of anilines is 1. The number of nitrogens with zero attached hydrogens (tertiary/aromatic N) is 5. The molecule has 0 radical (unpaired) electrons. The summed E-state index contributed by atoms with van der Waals surface area (Å²) in [6.45, 7) is 4.12. The summed E-state index contributed by atoms with van der Waals surface area (Å²) in [5.74, 6) is -1.54. The average Bonchev–Trinajstić information content (AvgIpc) is 3.00. The quantitative estimate of drug-likeness (QED) is 0.348. The molecule has 0 spiro atoms. The van der Waals surface area contributed by atoms with Gasteiger partial charge in [-0.3, -0.25) is 18.8 Å². The first-order valence-electron chi connectivity index (χ1n) is 13.8. The molecular weight excluding hydrogens is 538 g/mol. The molecule has 8 nitrogen and oxygen atoms in total. The summed E-state index contributed by atoms with van der Waals surface area (Å²) in [5, 5.41) is 9.21. The number of hydrogen-bond donors (Lipinski definition) is 1. The van der Waals surface area contributed by atoms with Gasteiger partial charge in [-0.2, -0.15) is 5.26 Å². The molecule has 0 aliphatic carbocycles. The van der Waals surface area contributed by atoms with Crippen LogP contribution in [0.1, 0.15) is 34.0 Å². The van der Waals surface area contributed by atoms with Crippen LogP contribution in [0.3, 0.4) is 0 Å². The highest BCUT2D eigenvalue weighted by molar-refractivity contribution is 5.50. The molecule has 10 heteroatoms. The fourth-order valence-corrected chi connectivity index (χ4v) is 5.47. The minimum Gasteiger partial charge on any atom is -0.363 e. The Kier molecular flexibility index (Phi) is 8.61. The molecule has 3 aromatic carbocycles. The van der Waals surface area contributed by atoms with Crippen molar-refractivity contribution in [2.45, 2.75) is 32.6 Å². The van der Waals surface area contributed by atoms with Crippen molar-refractivity contribution in [2.24, 2.45) is 5.73 Å². The van der Waals surface area contributed by atoms with Gasteiger partial charge in [0, 0.05) is 50.0 Å². The van der Waals surface area contributed by atoms with E-state index < -0.39 is 28.9 Å². The lowest BCUT2D eigenvalue weighted by molar-refractivity contribution is 0.249. The summed E-state index contributed by atoms with van der Waals surface area (Å²) >= 11 is 0. The smallest absolute Gasteiger partial charge is 0.331 e. The van der Waals surface area contributed by atoms with E-state index in [1.54, 1.807) is 13.0 Å². The first-order valence-corrected chi connectivity index (χ1v) is 13.8. The van der Waals surface area contributed by atoms with Crippen LogP contribution >= 0.6 is 0 Å². The van der Waals surface area contributed by atoms with Crippen molar-refractivity contribution in [3.8, 4) is 6.07 Å². The number of nitrogens with two attached hydrogens (primary N) is 1. The van der Waals surface area contributed by atoms with Crippen molar-refractivity contribution in [3.63, 3.8) is 0 Å². The summed E-state index contributed by atoms with van der Waals surface area (Å²) < 4.78 is 31.7. The first-order chi connectivity index (χ1) is 20.3. The van der Waals surface area contributed by atoms with Crippen molar-refractivity contribution >= 4 is 5.69 Å². The molecular formula is C32H32F2N6O2. The maximum atomic E-state index is 14.7. The lowest BCUT2D eigenvalue weighted by Gasteiger charge is -2.37. The molecule has 1 saturated heterocycles. The summed E-state index contributed by atoms with van der Waals surface area (Å²) in [7, 11) is 0. The minimum absolute atomic E-state index is 0.0933. The van der Waals surface area contributed by atoms with Crippen LogP contribution in [-0.4, -0.2) is 40.2 Å². The van der Waals surface area contributed by atoms with Crippen LogP contribution < -0.4 is 21.9 Å². The van der Waals surface area contributed by atoms with Crippen LogP contribution in [0, 0.1) is 29.9 Å². The van der Waals surface area contributed by atoms with Crippen LogP contribution in [0.4, 0.5) is 14.5 Å². The molecule has 1 aliphatic heterocycles. The van der Waals surface area contributed by atoms with Gasteiger partial charge in [0.05, 0.1) is 24.7 Å². The zero-order chi connectivity index (χ0) is 29.8. The molecule has 1 aromatic heterocycles. The van der Waals surface area contributed by atoms with Gasteiger partial charge in [-0.1, -0.05) is 48.5 Å². The molecule has 0 unspecified atom stereocenters. The molecule has 5 rings (SSSR count). The average molecular weight is 571 g/mol. The van der Waals surface area contributed by atoms with Crippen LogP contribution in [0.2, 0.25) is 0 Å². The van der Waals surface area contributed by atoms with Gasteiger partial charge in [0.25, 0.3) is 5.56 Å². The number of rotatable bonds is 8. The van der Waals surface area contributed by atoms with Gasteiger partial charge in [-0.15, -0.1) is 0 Å². The maximum absolute atomic E-state index is 14.7. The summed E-state index contributed by atoms with van der Waals surface area (Å²) in [5.41, 5.74) is 8.05. The molecule has 0 bridgehead atoms. The van der Waals surface area contributed by atoms with Crippen LogP contribution in [0.5, 0.6) is 0 Å². The lowest BCUT2D eigenvalue weighted by Crippen LogP contribution is -2.51. The van der Waals surface area contributed by atoms with Crippen LogP contribution in [-0.2, 0) is 19.6 Å². The van der Waals surface area contributed by atoms with E-state index in [9.17, 15) is 23.6 Å². The van der Waals surface area contributed by atoms with Gasteiger partial charge < -0.3 is 10.6 Å². The predicted octanol–water partition coefficient (Wildman–Crippen LogP) is 3.54. The lowest BCUT2D eigenvalue weighted by atomic mass is 10.1. The fourth-order valence-electron chi connectivity index (χ4n) is 5.47. The molecule has 42 heavy (non-hydrogen) atoms. The zero-order valence-corrected chi connectivity index (χ0v) is 23.3. The summed E-state index contributed by atoms with van der Waals surface area (Å²) in [6.07, 6.45) is 0. The SMILES string of the molecule is Cc1c(N2CCN(Cc3cccc(C#N)c3)CC2)c(=O)n(C[C@@H](N)c2ccccc2)c(=O)n1Cc1c(F)cccc1F. The Morgan fingerprint density at radius 1 is 0.881 bits per heavy atom. The monoisotopic (exact) mass is 570 g/mol. The van der Waals surface area contributed by atoms with E-state index in [1.165, 1.54) is 10.6 Å². The molecule has 0 saturated carbocycles. The summed E-state index contributed by atoms with van der Waals surface area (Å²) in [6, 6.07) is 21.7. The van der Waals surface area contributed by atoms with Crippen molar-refractivity contribution in [1.29, 1.82) is 5.26 Å². The van der Waals surface area contributed by atoms with Gasteiger partial charge >= 0.3 is 5.69 Å². The molecule has 0 amide bonds. The third-order valence-electron chi connectivity index (χ3n) is 7.79. The van der Waals surface area contributed by atoms with Gasteiger partial charge in [0.1, 0.15) is 17.3 Å². The molecule has 1 fully saturated rings. The summed E-state index contributed by atoms with van der Waals surface area (Å²) in [4.78, 5) is 31.8. The van der Waals surface area contributed by atoms with Gasteiger partial charge in [0.2, 0.25) is 0 Å². The number of hydrogen-bond acceptors (Lipinski definition) is 6. The predicted molar refractivity (Wildman–Crippen MR) is 157 cm³/mol. The van der Waals surface area contributed by atoms with E-state index in [-0.39, 0.29) is 18.7 Å². The first kappa shape index (κ1) is 28.9. The molecule has 1 aliphatic rings. The number of benzene rings is 3. The topological polar surface area (TPSA) is 100 Å². The number of nitriles is 1. The highest BCUT2D eigenvalue weighted by Gasteiger charge is 2.26. The zero-order valence-electron chi connectivity index (χ0n) is 23.3. The van der Waals surface area contributed by atoms with Crippen molar-refractivity contribution in [1.82, 2.24) is 14.0 Å². The van der Waals surface area contributed by atoms with Gasteiger partial charge in [-0.05, 0) is 42.3 Å². The van der Waals surface area contributed by atoms with Gasteiger partial charge in [0.15, 0.2) is 0 Å². The maximum Gasteiger partial charge on any atom is 0.331 e. The second-order valence-corrected chi connectivity index (χ2v) is 10.5. The van der Waals surface area contributed by atoms with Crippen molar-refractivity contribution in [3.05, 3.63) is 133 Å². The molecule has 1 atom stereocenters. The Hall–Kier alpha value is -4.59. The second-order valence-electron chi connectivity index (χ2n) is 10.5. The van der Waals surface area contributed by atoms with Crippen molar-refractivity contribution in [2.75, 3.05) is 31.1 Å². The van der Waals surface area contributed by atoms with E-state index >= 15 is 0 Å².